The molecular formula is C19H33IN4O. The van der Waals surface area contributed by atoms with E-state index in [1.807, 2.05) is 12.1 Å². The first kappa shape index (κ1) is 22.0. The topological polar surface area (TPSA) is 48.9 Å². The second-order valence-corrected chi connectivity index (χ2v) is 6.55. The molecule has 0 aliphatic carbocycles. The summed E-state index contributed by atoms with van der Waals surface area (Å²) in [6.45, 7) is 10.3. The fraction of sp³-hybridized carbons (Fsp3) is 0.632. The van der Waals surface area contributed by atoms with Crippen LogP contribution in [0.3, 0.4) is 0 Å². The van der Waals surface area contributed by atoms with Crippen LogP contribution in [-0.4, -0.2) is 50.2 Å². The molecule has 2 N–H and O–H groups in total. The summed E-state index contributed by atoms with van der Waals surface area (Å²) >= 11 is 0. The van der Waals surface area contributed by atoms with E-state index in [0.29, 0.717) is 12.1 Å². The maximum atomic E-state index is 5.29. The molecule has 0 aromatic heterocycles. The van der Waals surface area contributed by atoms with E-state index in [4.69, 9.17) is 9.73 Å². The van der Waals surface area contributed by atoms with Gasteiger partial charge in [-0.25, -0.2) is 0 Å². The Bertz CT molecular complexity index is 513. The minimum absolute atomic E-state index is 0. The number of rotatable bonds is 7. The lowest BCUT2D eigenvalue weighted by Gasteiger charge is -2.27. The Labute approximate surface area is 169 Å². The van der Waals surface area contributed by atoms with E-state index >= 15 is 0 Å². The van der Waals surface area contributed by atoms with Crippen molar-refractivity contribution < 1.29 is 4.74 Å². The maximum Gasteiger partial charge on any atom is 0.191 e. The van der Waals surface area contributed by atoms with Gasteiger partial charge in [-0.2, -0.15) is 0 Å². The van der Waals surface area contributed by atoms with Gasteiger partial charge in [0.15, 0.2) is 5.96 Å². The largest absolute Gasteiger partial charge is 0.497 e. The number of guanidine groups is 1. The van der Waals surface area contributed by atoms with Gasteiger partial charge in [0.1, 0.15) is 5.75 Å². The zero-order valence-corrected chi connectivity index (χ0v) is 18.2. The molecule has 1 fully saturated rings. The van der Waals surface area contributed by atoms with Crippen molar-refractivity contribution in [2.45, 2.75) is 45.7 Å². The summed E-state index contributed by atoms with van der Waals surface area (Å²) in [4.78, 5) is 7.38. The summed E-state index contributed by atoms with van der Waals surface area (Å²) in [6.07, 6.45) is 2.56. The van der Waals surface area contributed by atoms with Crippen molar-refractivity contribution in [3.63, 3.8) is 0 Å². The highest BCUT2D eigenvalue weighted by Crippen LogP contribution is 2.27. The third-order valence-electron chi connectivity index (χ3n) is 4.27. The number of nitrogens with zero attached hydrogens (tertiary/aromatic N) is 2. The van der Waals surface area contributed by atoms with Crippen molar-refractivity contribution in [2.24, 2.45) is 4.99 Å². The van der Waals surface area contributed by atoms with Crippen molar-refractivity contribution in [3.05, 3.63) is 29.8 Å². The van der Waals surface area contributed by atoms with Crippen LogP contribution in [0.15, 0.2) is 29.3 Å². The first-order valence-electron chi connectivity index (χ1n) is 9.07. The quantitative estimate of drug-likeness (QED) is 0.372. The van der Waals surface area contributed by atoms with Crippen molar-refractivity contribution >= 4 is 29.9 Å². The van der Waals surface area contributed by atoms with E-state index in [9.17, 15) is 0 Å². The summed E-state index contributed by atoms with van der Waals surface area (Å²) in [5.41, 5.74) is 1.31. The highest BCUT2D eigenvalue weighted by Gasteiger charge is 2.23. The Morgan fingerprint density at radius 1 is 1.20 bits per heavy atom. The van der Waals surface area contributed by atoms with E-state index in [1.165, 1.54) is 18.4 Å². The molecule has 0 bridgehead atoms. The number of aliphatic imine (C=N–C) groups is 1. The molecule has 2 rings (SSSR count). The normalized spacial score (nSPS) is 16.4. The minimum atomic E-state index is 0. The molecule has 1 aliphatic heterocycles. The van der Waals surface area contributed by atoms with Gasteiger partial charge in [0.2, 0.25) is 0 Å². The second kappa shape index (κ2) is 11.6. The average Bonchev–Trinajstić information content (AvgIpc) is 3.09. The number of likely N-dealkylation sites (tertiary alicyclic amines) is 1. The van der Waals surface area contributed by atoms with Gasteiger partial charge < -0.3 is 15.4 Å². The molecule has 142 valence electrons. The highest BCUT2D eigenvalue weighted by molar-refractivity contribution is 14.0. The maximum absolute atomic E-state index is 5.29. The third-order valence-corrected chi connectivity index (χ3v) is 4.27. The molecule has 25 heavy (non-hydrogen) atoms. The van der Waals surface area contributed by atoms with Gasteiger partial charge >= 0.3 is 0 Å². The van der Waals surface area contributed by atoms with Gasteiger partial charge in [-0.1, -0.05) is 12.1 Å². The van der Waals surface area contributed by atoms with Crippen molar-refractivity contribution in [1.82, 2.24) is 15.5 Å². The standard InChI is InChI=1S/C19H32N4O.HI/c1-5-20-19(22-15(2)3)21-14-18(23-12-6-7-13-23)16-8-10-17(24-4)11-9-16;/h8-11,15,18H,5-7,12-14H2,1-4H3,(H2,20,21,22);1H. The molecule has 0 spiro atoms. The SMILES string of the molecule is CCNC(=NCC(c1ccc(OC)cc1)N1CCCC1)NC(C)C.I. The predicted molar refractivity (Wildman–Crippen MR) is 116 cm³/mol. The van der Waals surface area contributed by atoms with Gasteiger partial charge in [0.25, 0.3) is 0 Å². The Hall–Kier alpha value is -1.02. The van der Waals surface area contributed by atoms with Crippen molar-refractivity contribution in [1.29, 1.82) is 0 Å². The number of nitrogens with one attached hydrogen (secondary N) is 2. The minimum Gasteiger partial charge on any atom is -0.497 e. The fourth-order valence-electron chi connectivity index (χ4n) is 3.08. The molecule has 6 heteroatoms. The van der Waals surface area contributed by atoms with E-state index in [0.717, 1.165) is 37.9 Å². The number of hydrogen-bond acceptors (Lipinski definition) is 3. The lowest BCUT2D eigenvalue weighted by molar-refractivity contribution is 0.251. The lowest BCUT2D eigenvalue weighted by atomic mass is 10.1. The molecule has 1 aromatic rings. The molecular weight excluding hydrogens is 427 g/mol. The zero-order chi connectivity index (χ0) is 17.4. The average molecular weight is 460 g/mol. The summed E-state index contributed by atoms with van der Waals surface area (Å²) in [7, 11) is 1.71. The fourth-order valence-corrected chi connectivity index (χ4v) is 3.08. The van der Waals surface area contributed by atoms with Crippen LogP contribution in [-0.2, 0) is 0 Å². The third kappa shape index (κ3) is 7.01. The molecule has 1 aromatic carbocycles. The van der Waals surface area contributed by atoms with Crippen LogP contribution in [0, 0.1) is 0 Å². The lowest BCUT2D eigenvalue weighted by Crippen LogP contribution is -2.41. The van der Waals surface area contributed by atoms with E-state index in [1.54, 1.807) is 7.11 Å². The number of benzene rings is 1. The number of hydrogen-bond donors (Lipinski definition) is 2. The number of halogens is 1. The van der Waals surface area contributed by atoms with Gasteiger partial charge in [0, 0.05) is 12.6 Å². The van der Waals surface area contributed by atoms with Crippen LogP contribution in [0.2, 0.25) is 0 Å². The van der Waals surface area contributed by atoms with Gasteiger partial charge in [-0.3, -0.25) is 9.89 Å². The smallest absolute Gasteiger partial charge is 0.191 e. The van der Waals surface area contributed by atoms with E-state index < -0.39 is 0 Å². The van der Waals surface area contributed by atoms with E-state index in [2.05, 4.69) is 48.4 Å². The van der Waals surface area contributed by atoms with Crippen LogP contribution >= 0.6 is 24.0 Å². The molecule has 0 amide bonds. The summed E-state index contributed by atoms with van der Waals surface area (Å²) in [5, 5.41) is 6.73. The summed E-state index contributed by atoms with van der Waals surface area (Å²) < 4.78 is 5.29. The molecule has 1 atom stereocenters. The first-order valence-corrected chi connectivity index (χ1v) is 9.07. The zero-order valence-electron chi connectivity index (χ0n) is 15.9. The summed E-state index contributed by atoms with van der Waals surface area (Å²) in [6, 6.07) is 9.11. The van der Waals surface area contributed by atoms with Gasteiger partial charge in [0.05, 0.1) is 19.7 Å². The van der Waals surface area contributed by atoms with Crippen molar-refractivity contribution in [2.75, 3.05) is 33.3 Å². The van der Waals surface area contributed by atoms with E-state index in [-0.39, 0.29) is 24.0 Å². The van der Waals surface area contributed by atoms with Crippen LogP contribution in [0.5, 0.6) is 5.75 Å². The molecule has 1 unspecified atom stereocenters. The summed E-state index contributed by atoms with van der Waals surface area (Å²) in [5.74, 6) is 1.79. The second-order valence-electron chi connectivity index (χ2n) is 6.55. The van der Waals surface area contributed by atoms with Crippen LogP contribution in [0.25, 0.3) is 0 Å². The molecule has 0 radical (unpaired) electrons. The number of ether oxygens (including phenoxy) is 1. The van der Waals surface area contributed by atoms with Gasteiger partial charge in [-0.05, 0) is 64.4 Å². The Morgan fingerprint density at radius 2 is 1.84 bits per heavy atom. The van der Waals surface area contributed by atoms with Crippen LogP contribution in [0.1, 0.15) is 45.2 Å². The number of methoxy groups -OCH3 is 1. The molecule has 5 nitrogen and oxygen atoms in total. The Balaban J connectivity index is 0.00000312. The van der Waals surface area contributed by atoms with Gasteiger partial charge in [-0.15, -0.1) is 24.0 Å². The molecule has 0 saturated carbocycles. The van der Waals surface area contributed by atoms with Crippen LogP contribution < -0.4 is 15.4 Å². The highest BCUT2D eigenvalue weighted by atomic mass is 127. The monoisotopic (exact) mass is 460 g/mol. The first-order chi connectivity index (χ1) is 11.6. The Kier molecular flexibility index (Phi) is 10.2. The predicted octanol–water partition coefficient (Wildman–Crippen LogP) is 3.41. The van der Waals surface area contributed by atoms with Crippen LogP contribution in [0.4, 0.5) is 0 Å². The molecule has 1 heterocycles. The molecule has 1 aliphatic rings. The Morgan fingerprint density at radius 3 is 2.36 bits per heavy atom. The van der Waals surface area contributed by atoms with Crippen molar-refractivity contribution in [3.8, 4) is 5.75 Å². The molecule has 1 saturated heterocycles.